The number of rotatable bonds is 41. The number of aliphatic carboxylic acids is 1. The average Bonchev–Trinajstić information content (AvgIpc) is 1.80. The number of carbonyl (C=O) groups is 13. The third-order valence-electron chi connectivity index (χ3n) is 17.4. The topological polar surface area (TPSA) is 504 Å². The number of hydrogen-bond donors (Lipinski definition) is 17. The number of likely N-dealkylation sites (N-methyl/N-ethyl adjacent to an activating group) is 2. The molecule has 107 heavy (non-hydrogen) atoms. The number of aliphatic hydroxyl groups excluding tert-OH is 1. The number of nitrogens with two attached hydrogens (primary N) is 3. The molecular formula is C72H101N17O16S2. The van der Waals surface area contributed by atoms with Gasteiger partial charge in [0.15, 0.2) is 5.96 Å². The fourth-order valence-corrected chi connectivity index (χ4v) is 11.8. The molecule has 4 aromatic rings. The molecule has 0 bridgehead atoms. The van der Waals surface area contributed by atoms with Gasteiger partial charge in [0.05, 0.1) is 31.8 Å². The van der Waals surface area contributed by atoms with E-state index in [9.17, 15) is 77.6 Å². The minimum absolute atomic E-state index is 0.0368. The summed E-state index contributed by atoms with van der Waals surface area (Å²) in [5.41, 5.74) is 19.0. The van der Waals surface area contributed by atoms with Gasteiger partial charge in [0.2, 0.25) is 70.9 Å². The van der Waals surface area contributed by atoms with Crippen LogP contribution >= 0.6 is 25.3 Å². The monoisotopic (exact) mass is 1520 g/mol. The first-order chi connectivity index (χ1) is 50.6. The number of amides is 12. The van der Waals surface area contributed by atoms with E-state index in [1.165, 1.54) is 58.1 Å². The summed E-state index contributed by atoms with van der Waals surface area (Å²) in [5.74, 6) is -11.9. The standard InChI is InChI=1S/C72H101N17O16S2/c1-41(2)32-55(66(100)83-52(35-45-25-27-47(91)28-26-45)69(103)89-31-17-24-54(89)65(99)84-53(40-106)70(104)105)88(7)58(94)39-87(6)57(93)38-79-62(96)49(33-43-18-10-8-11-19-43)82-63(97)51(36-46-22-14-15-29-76-46)80-56(92)37-78-67(101)59(42(3)90)85-68(102)60(72(4,5)107)86-64(98)50(34-44-20-12-9-13-21-44)81-61(95)48(73)23-16-30-77-71(74)75/h8-15,18-22,25-29,41-42,48-55,59-60,90-91,106-107H,16-17,23-24,30-40,73H2,1-7H3,(H,78,101)(H,79,96)(H,80,92)(H,81,95)(H,82,97)(H,83,100)(H,84,99)(H,85,102)(H,86,98)(H,104,105)(H4,74,75,77)/t42-,48+,49+,50+,51+,52+,53+,54+,55+,59+,60-/m1/s1. The van der Waals surface area contributed by atoms with Gasteiger partial charge in [-0.15, -0.1) is 0 Å². The number of guanidine groups is 1. The largest absolute Gasteiger partial charge is 0.508 e. The van der Waals surface area contributed by atoms with Gasteiger partial charge in [0.25, 0.3) is 0 Å². The summed E-state index contributed by atoms with van der Waals surface area (Å²) < 4.78 is -1.36. The Morgan fingerprint density at radius 2 is 1.20 bits per heavy atom. The Hall–Kier alpha value is -10.4. The number of nitrogens with one attached hydrogen (secondary N) is 9. The lowest BCUT2D eigenvalue weighted by Crippen LogP contribution is -2.63. The molecule has 12 amide bonds. The van der Waals surface area contributed by atoms with Crippen molar-refractivity contribution in [1.29, 1.82) is 0 Å². The second-order valence-electron chi connectivity index (χ2n) is 27.1. The van der Waals surface area contributed by atoms with Crippen LogP contribution in [-0.4, -0.2) is 242 Å². The van der Waals surface area contributed by atoms with Crippen LogP contribution in [0.15, 0.2) is 114 Å². The zero-order chi connectivity index (χ0) is 79.2. The van der Waals surface area contributed by atoms with Crippen LogP contribution in [0.3, 0.4) is 0 Å². The van der Waals surface area contributed by atoms with E-state index in [1.807, 2.05) is 0 Å². The van der Waals surface area contributed by atoms with Crippen molar-refractivity contribution < 1.29 is 77.6 Å². The maximum Gasteiger partial charge on any atom is 0.327 e. The first-order valence-electron chi connectivity index (χ1n) is 34.8. The molecule has 33 nitrogen and oxygen atoms in total. The third kappa shape index (κ3) is 28.8. The van der Waals surface area contributed by atoms with Crippen LogP contribution in [0.5, 0.6) is 5.75 Å². The van der Waals surface area contributed by atoms with Gasteiger partial charge < -0.3 is 95.1 Å². The van der Waals surface area contributed by atoms with E-state index >= 15 is 0 Å². The van der Waals surface area contributed by atoms with Gasteiger partial charge in [-0.3, -0.25) is 67.5 Å². The molecule has 0 spiro atoms. The Morgan fingerprint density at radius 3 is 1.76 bits per heavy atom. The van der Waals surface area contributed by atoms with Gasteiger partial charge in [0, 0.05) is 75.3 Å². The van der Waals surface area contributed by atoms with Gasteiger partial charge in [-0.1, -0.05) is 92.7 Å². The quantitative estimate of drug-likeness (QED) is 0.00944. The predicted molar refractivity (Wildman–Crippen MR) is 402 cm³/mol. The number of aliphatic imine (C=N–C) groups is 1. The van der Waals surface area contributed by atoms with Crippen LogP contribution in [-0.2, 0) is 88.0 Å². The Labute approximate surface area is 632 Å². The molecule has 1 aliphatic heterocycles. The molecule has 11 atom stereocenters. The molecule has 0 radical (unpaired) electrons. The fraction of sp³-hybridized carbons (Fsp3) is 0.486. The number of carboxylic acid groups (broad SMARTS) is 1. The number of nitrogens with zero attached hydrogens (tertiary/aromatic N) is 5. The molecule has 3 aromatic carbocycles. The van der Waals surface area contributed by atoms with E-state index in [4.69, 9.17) is 17.2 Å². The summed E-state index contributed by atoms with van der Waals surface area (Å²) >= 11 is 8.61. The maximum absolute atomic E-state index is 14.5. The van der Waals surface area contributed by atoms with Crippen LogP contribution in [0.25, 0.3) is 0 Å². The van der Waals surface area contributed by atoms with Gasteiger partial charge in [-0.25, -0.2) is 4.79 Å². The summed E-state index contributed by atoms with van der Waals surface area (Å²) in [4.78, 5) is 192. The van der Waals surface area contributed by atoms with Gasteiger partial charge in [0.1, 0.15) is 60.1 Å². The molecule has 0 aliphatic carbocycles. The summed E-state index contributed by atoms with van der Waals surface area (Å²) in [7, 11) is 2.64. The molecule has 0 unspecified atom stereocenters. The highest BCUT2D eigenvalue weighted by Gasteiger charge is 2.42. The molecule has 1 aromatic heterocycles. The minimum atomic E-state index is -1.76. The number of thiol groups is 2. The fourth-order valence-electron chi connectivity index (χ4n) is 11.4. The number of phenols is 1. The van der Waals surface area contributed by atoms with Crippen molar-refractivity contribution in [1.82, 2.24) is 67.5 Å². The number of phenolic OH excluding ortho intramolecular Hbond substituents is 1. The summed E-state index contributed by atoms with van der Waals surface area (Å²) in [6.45, 7) is 5.95. The van der Waals surface area contributed by atoms with Crippen molar-refractivity contribution in [2.24, 2.45) is 28.1 Å². The lowest BCUT2D eigenvalue weighted by atomic mass is 9.99. The Morgan fingerprint density at radius 1 is 0.645 bits per heavy atom. The van der Waals surface area contributed by atoms with E-state index < -0.39 is 168 Å². The Balaban J connectivity index is 1.26. The SMILES string of the molecule is CC(C)C[C@@H](C(=O)N[C@@H](Cc1ccc(O)cc1)C(=O)N1CCC[C@H]1C(=O)N[C@@H](CS)C(=O)O)N(C)C(=O)CN(C)C(=O)CNC(=O)[C@H](Cc1ccccc1)NC(=O)[C@H](Cc1ccccn1)NC(=O)CNC(=O)[C@@H](NC(=O)[C@@H](NC(=O)[C@H](Cc1ccccc1)NC(=O)[C@@H](N)CCCN=C(N)N)C(C)(C)S)[C@@H](C)O. The van der Waals surface area contributed by atoms with Crippen LogP contribution in [0.1, 0.15) is 89.1 Å². The van der Waals surface area contributed by atoms with E-state index in [0.29, 0.717) is 35.2 Å². The van der Waals surface area contributed by atoms with Crippen molar-refractivity contribution in [3.63, 3.8) is 0 Å². The van der Waals surface area contributed by atoms with Crippen LogP contribution in [0, 0.1) is 5.92 Å². The molecular weight excluding hydrogens is 1420 g/mol. The number of carboxylic acids is 1. The normalized spacial score (nSPS) is 15.4. The molecule has 1 saturated heterocycles. The molecule has 18 N–H and O–H groups in total. The molecule has 1 aliphatic rings. The van der Waals surface area contributed by atoms with Gasteiger partial charge in [-0.05, 0) is 99.7 Å². The van der Waals surface area contributed by atoms with Crippen molar-refractivity contribution in [3.05, 3.63) is 132 Å². The zero-order valence-electron chi connectivity index (χ0n) is 60.9. The second-order valence-corrected chi connectivity index (χ2v) is 28.6. The molecule has 0 saturated carbocycles. The first kappa shape index (κ1) is 87.2. The third-order valence-corrected chi connectivity index (χ3v) is 18.0. The highest BCUT2D eigenvalue weighted by molar-refractivity contribution is 7.81. The minimum Gasteiger partial charge on any atom is -0.508 e. The highest BCUT2D eigenvalue weighted by atomic mass is 32.1. The number of likely N-dealkylation sites (tertiary alicyclic amines) is 1. The summed E-state index contributed by atoms with van der Waals surface area (Å²) in [5, 5.41) is 53.5. The Bertz CT molecular complexity index is 3720. The van der Waals surface area contributed by atoms with Crippen LogP contribution in [0.4, 0.5) is 0 Å². The van der Waals surface area contributed by atoms with E-state index in [2.05, 4.69) is 83.1 Å². The van der Waals surface area contributed by atoms with Crippen LogP contribution in [0.2, 0.25) is 0 Å². The summed E-state index contributed by atoms with van der Waals surface area (Å²) in [6, 6.07) is 14.3. The lowest BCUT2D eigenvalue weighted by Gasteiger charge is -2.33. The zero-order valence-corrected chi connectivity index (χ0v) is 62.7. The lowest BCUT2D eigenvalue weighted by molar-refractivity contribution is -0.146. The summed E-state index contributed by atoms with van der Waals surface area (Å²) in [6.07, 6.45) is 0.447. The van der Waals surface area contributed by atoms with Crippen LogP contribution < -0.4 is 65.1 Å². The highest BCUT2D eigenvalue weighted by Crippen LogP contribution is 2.23. The van der Waals surface area contributed by atoms with E-state index in [1.54, 1.807) is 105 Å². The van der Waals surface area contributed by atoms with Crippen molar-refractivity contribution in [2.45, 2.75) is 164 Å². The van der Waals surface area contributed by atoms with E-state index in [0.717, 1.165) is 9.80 Å². The van der Waals surface area contributed by atoms with Gasteiger partial charge >= 0.3 is 5.97 Å². The smallest absolute Gasteiger partial charge is 0.327 e. The number of carbonyl (C=O) groups excluding carboxylic acids is 12. The molecule has 1 fully saturated rings. The number of aromatic nitrogens is 1. The van der Waals surface area contributed by atoms with Crippen molar-refractivity contribution in [3.8, 4) is 5.75 Å². The number of aliphatic hydroxyl groups is 1. The second kappa shape index (κ2) is 42.7. The van der Waals surface area contributed by atoms with Gasteiger partial charge in [-0.2, -0.15) is 25.3 Å². The maximum atomic E-state index is 14.5. The average molecular weight is 1520 g/mol. The van der Waals surface area contributed by atoms with E-state index in [-0.39, 0.29) is 81.4 Å². The van der Waals surface area contributed by atoms with Crippen molar-refractivity contribution in [2.75, 3.05) is 52.6 Å². The number of hydrogen-bond acceptors (Lipinski definition) is 20. The predicted octanol–water partition coefficient (Wildman–Crippen LogP) is -2.51. The molecule has 2 heterocycles. The van der Waals surface area contributed by atoms with Crippen molar-refractivity contribution >= 4 is 108 Å². The first-order valence-corrected chi connectivity index (χ1v) is 35.9. The Kier molecular flexibility index (Phi) is 34.8. The number of aromatic hydroxyl groups is 1. The molecule has 5 rings (SSSR count). The molecule has 582 valence electrons. The number of benzene rings is 3. The molecule has 35 heteroatoms. The number of pyridine rings is 1.